The number of methoxy groups -OCH3 is 1. The maximum atomic E-state index is 12.4. The van der Waals surface area contributed by atoms with Crippen LogP contribution in [0.15, 0.2) is 0 Å². The summed E-state index contributed by atoms with van der Waals surface area (Å²) in [6.45, 7) is 0.596. The van der Waals surface area contributed by atoms with E-state index in [2.05, 4.69) is 20.5 Å². The highest BCUT2D eigenvalue weighted by atomic mass is 32.3. The van der Waals surface area contributed by atoms with Gasteiger partial charge in [0.15, 0.2) is 0 Å². The smallest absolute Gasteiger partial charge is 0.380 e. The summed E-state index contributed by atoms with van der Waals surface area (Å²) in [6.07, 6.45) is 0.929. The van der Waals surface area contributed by atoms with Crippen molar-refractivity contribution in [3.8, 4) is 0 Å². The van der Waals surface area contributed by atoms with Crippen molar-refractivity contribution >= 4 is 28.2 Å². The van der Waals surface area contributed by atoms with Crippen LogP contribution in [0.5, 0.6) is 0 Å². The number of rotatable bonds is 5. The van der Waals surface area contributed by atoms with Crippen molar-refractivity contribution in [3.05, 3.63) is 0 Å². The number of fused-ring (bicyclic) bond motifs is 2. The van der Waals surface area contributed by atoms with Gasteiger partial charge in [0.2, 0.25) is 0 Å². The van der Waals surface area contributed by atoms with E-state index in [0.29, 0.717) is 24.4 Å². The van der Waals surface area contributed by atoms with Crippen LogP contribution in [0.2, 0.25) is 0 Å². The molecule has 0 aromatic heterocycles. The largest absolute Gasteiger partial charge is 0.418 e. The van der Waals surface area contributed by atoms with Gasteiger partial charge in [-0.2, -0.15) is 13.5 Å². The molecule has 3 saturated heterocycles. The quantitative estimate of drug-likeness (QED) is 0.285. The van der Waals surface area contributed by atoms with Crippen LogP contribution in [-0.4, -0.2) is 85.2 Å². The third-order valence-corrected chi connectivity index (χ3v) is 5.20. The zero-order valence-electron chi connectivity index (χ0n) is 14.5. The summed E-state index contributed by atoms with van der Waals surface area (Å²) in [5.74, 6) is -1.04. The molecule has 152 valence electrons. The lowest BCUT2D eigenvalue weighted by atomic mass is 10.0. The van der Waals surface area contributed by atoms with Crippen molar-refractivity contribution < 1.29 is 36.4 Å². The molecular weight excluding hydrogens is 386 g/mol. The van der Waals surface area contributed by atoms with Crippen molar-refractivity contribution in [1.82, 2.24) is 26.1 Å². The average molecular weight is 407 g/mol. The van der Waals surface area contributed by atoms with Crippen molar-refractivity contribution in [2.45, 2.75) is 43.5 Å². The fourth-order valence-corrected chi connectivity index (χ4v) is 3.87. The number of hydrazine groups is 1. The van der Waals surface area contributed by atoms with Crippen LogP contribution in [0.4, 0.5) is 4.79 Å². The summed E-state index contributed by atoms with van der Waals surface area (Å²) in [5, 5.41) is 3.52. The van der Waals surface area contributed by atoms with Crippen molar-refractivity contribution in [2.75, 3.05) is 20.2 Å². The zero-order valence-corrected chi connectivity index (χ0v) is 15.3. The Labute approximate surface area is 155 Å². The van der Waals surface area contributed by atoms with E-state index < -0.39 is 46.4 Å². The van der Waals surface area contributed by atoms with Crippen LogP contribution < -0.4 is 16.2 Å². The molecule has 2 bridgehead atoms. The number of carbonyl (C=O) groups is 3. The molecule has 3 rings (SSSR count). The highest BCUT2D eigenvalue weighted by Gasteiger charge is 2.49. The Balaban J connectivity index is 1.54. The monoisotopic (exact) mass is 407 g/mol. The second kappa shape index (κ2) is 7.55. The summed E-state index contributed by atoms with van der Waals surface area (Å²) in [7, 11) is -3.30. The number of nitrogens with one attached hydrogen (secondary N) is 3. The summed E-state index contributed by atoms with van der Waals surface area (Å²) in [4.78, 5) is 37.8. The topological polar surface area (TPSA) is 167 Å². The zero-order chi connectivity index (χ0) is 19.8. The van der Waals surface area contributed by atoms with Crippen LogP contribution in [0.3, 0.4) is 0 Å². The molecule has 3 heterocycles. The van der Waals surface area contributed by atoms with Crippen molar-refractivity contribution in [3.63, 3.8) is 0 Å². The standard InChI is InChI=1S/C13H21N5O8S/c1-25-8-4-9(14-5-8)11(19)15-16-12(20)10-3-2-7-6-17(10)13(21)18(7)26-27(22,23)24/h7-10,14H,2-6H2,1H3,(H,15,19)(H,16,20)(H,22,23,24)/t7-,8-,9+,10?/m1/s1. The molecule has 13 nitrogen and oxygen atoms in total. The molecule has 3 fully saturated rings. The lowest BCUT2D eigenvalue weighted by molar-refractivity contribution is -0.132. The molecule has 27 heavy (non-hydrogen) atoms. The van der Waals surface area contributed by atoms with Gasteiger partial charge in [-0.05, 0) is 19.3 Å². The Morgan fingerprint density at radius 1 is 1.26 bits per heavy atom. The highest BCUT2D eigenvalue weighted by Crippen LogP contribution is 2.30. The van der Waals surface area contributed by atoms with Gasteiger partial charge in [0.05, 0.1) is 18.2 Å². The first-order valence-electron chi connectivity index (χ1n) is 8.32. The Hall–Kier alpha value is -2.00. The van der Waals surface area contributed by atoms with E-state index >= 15 is 0 Å². The first-order valence-corrected chi connectivity index (χ1v) is 9.69. The second-order valence-corrected chi connectivity index (χ2v) is 7.55. The molecule has 3 aliphatic heterocycles. The molecular formula is C13H21N5O8S. The summed E-state index contributed by atoms with van der Waals surface area (Å²) in [6, 6.07) is -2.83. The predicted octanol–water partition coefficient (Wildman–Crippen LogP) is -2.49. The van der Waals surface area contributed by atoms with E-state index in [1.165, 1.54) is 0 Å². The Morgan fingerprint density at radius 2 is 1.96 bits per heavy atom. The van der Waals surface area contributed by atoms with E-state index in [0.717, 1.165) is 4.90 Å². The van der Waals surface area contributed by atoms with Gasteiger partial charge in [-0.15, -0.1) is 4.28 Å². The van der Waals surface area contributed by atoms with Crippen LogP contribution in [-0.2, 0) is 29.0 Å². The fourth-order valence-electron chi connectivity index (χ4n) is 3.48. The lowest BCUT2D eigenvalue weighted by Crippen LogP contribution is -2.56. The van der Waals surface area contributed by atoms with Gasteiger partial charge in [-0.1, -0.05) is 0 Å². The SMILES string of the molecule is CO[C@H]1CN[C@H](C(=O)NNC(=O)C2CC[C@@H]3CN2C(=O)N3OS(=O)(=O)O)C1. The Morgan fingerprint density at radius 3 is 2.59 bits per heavy atom. The van der Waals surface area contributed by atoms with E-state index in [4.69, 9.17) is 9.29 Å². The minimum atomic E-state index is -4.85. The minimum Gasteiger partial charge on any atom is -0.380 e. The third kappa shape index (κ3) is 4.30. The van der Waals surface area contributed by atoms with E-state index in [9.17, 15) is 22.8 Å². The van der Waals surface area contributed by atoms with Crippen molar-refractivity contribution in [2.24, 2.45) is 0 Å². The number of hydrogen-bond acceptors (Lipinski definition) is 8. The Kier molecular flexibility index (Phi) is 5.53. The van der Waals surface area contributed by atoms with Crippen LogP contribution in [0.25, 0.3) is 0 Å². The molecule has 4 amide bonds. The molecule has 0 aromatic rings. The minimum absolute atomic E-state index is 0.0695. The first-order chi connectivity index (χ1) is 12.7. The molecule has 3 aliphatic rings. The van der Waals surface area contributed by atoms with E-state index in [1.807, 2.05) is 0 Å². The molecule has 4 N–H and O–H groups in total. The number of urea groups is 1. The van der Waals surface area contributed by atoms with Gasteiger partial charge in [-0.3, -0.25) is 25.0 Å². The predicted molar refractivity (Wildman–Crippen MR) is 86.9 cm³/mol. The van der Waals surface area contributed by atoms with E-state index in [-0.39, 0.29) is 19.1 Å². The summed E-state index contributed by atoms with van der Waals surface area (Å²) in [5.41, 5.74) is 4.60. The summed E-state index contributed by atoms with van der Waals surface area (Å²) >= 11 is 0. The van der Waals surface area contributed by atoms with Gasteiger partial charge in [0, 0.05) is 20.2 Å². The van der Waals surface area contributed by atoms with Crippen molar-refractivity contribution in [1.29, 1.82) is 0 Å². The number of ether oxygens (including phenoxy) is 1. The maximum Gasteiger partial charge on any atom is 0.418 e. The summed E-state index contributed by atoms with van der Waals surface area (Å²) < 4.78 is 39.9. The van der Waals surface area contributed by atoms with Gasteiger partial charge in [-0.25, -0.2) is 4.79 Å². The molecule has 1 unspecified atom stereocenters. The number of hydroxylamine groups is 2. The van der Waals surface area contributed by atoms with Crippen LogP contribution in [0.1, 0.15) is 19.3 Å². The molecule has 4 atom stereocenters. The normalized spacial score (nSPS) is 30.5. The molecule has 0 saturated carbocycles. The molecule has 0 spiro atoms. The molecule has 0 aliphatic carbocycles. The second-order valence-electron chi connectivity index (χ2n) is 6.54. The third-order valence-electron chi connectivity index (χ3n) is 4.85. The molecule has 14 heteroatoms. The maximum absolute atomic E-state index is 12.4. The van der Waals surface area contributed by atoms with Gasteiger partial charge < -0.3 is 15.0 Å². The van der Waals surface area contributed by atoms with Crippen LogP contribution in [0, 0.1) is 0 Å². The molecule has 0 radical (unpaired) electrons. The number of nitrogens with zero attached hydrogens (tertiary/aromatic N) is 2. The van der Waals surface area contributed by atoms with Gasteiger partial charge in [0.25, 0.3) is 11.8 Å². The Bertz CT molecular complexity index is 730. The first kappa shape index (κ1) is 19.8. The lowest BCUT2D eigenvalue weighted by Gasteiger charge is -2.29. The van der Waals surface area contributed by atoms with Gasteiger partial charge in [0.1, 0.15) is 6.04 Å². The van der Waals surface area contributed by atoms with Crippen LogP contribution >= 0.6 is 0 Å². The fraction of sp³-hybridized carbons (Fsp3) is 0.769. The number of piperidine rings is 1. The van der Waals surface area contributed by atoms with Gasteiger partial charge >= 0.3 is 16.4 Å². The number of hydrogen-bond donors (Lipinski definition) is 4. The highest BCUT2D eigenvalue weighted by molar-refractivity contribution is 7.80. The van der Waals surface area contributed by atoms with E-state index in [1.54, 1.807) is 7.11 Å². The number of amides is 4. The molecule has 0 aromatic carbocycles. The number of carbonyl (C=O) groups excluding carboxylic acids is 3. The average Bonchev–Trinajstić information content (AvgIpc) is 3.18.